The minimum Gasteiger partial charge on any atom is -0.481 e. The molecule has 1 N–H and O–H groups in total. The molecule has 5 nitrogen and oxygen atoms in total. The van der Waals surface area contributed by atoms with Crippen molar-refractivity contribution in [3.63, 3.8) is 0 Å². The van der Waals surface area contributed by atoms with Gasteiger partial charge < -0.3 is 14.5 Å². The van der Waals surface area contributed by atoms with E-state index < -0.39 is 0 Å². The first-order valence-electron chi connectivity index (χ1n) is 6.92. The average molecular weight is 275 g/mol. The zero-order chi connectivity index (χ0) is 14.2. The molecule has 2 heterocycles. The molecule has 0 saturated carbocycles. The molecule has 1 unspecified atom stereocenters. The number of aryl methyl sites for hydroxylation is 1. The van der Waals surface area contributed by atoms with E-state index in [1.807, 2.05) is 18.2 Å². The van der Waals surface area contributed by atoms with Crippen LogP contribution in [-0.4, -0.2) is 29.7 Å². The zero-order valence-corrected chi connectivity index (χ0v) is 12.0. The van der Waals surface area contributed by atoms with Crippen molar-refractivity contribution < 1.29 is 9.15 Å². The Kier molecular flexibility index (Phi) is 5.55. The molecule has 0 spiro atoms. The van der Waals surface area contributed by atoms with Crippen LogP contribution in [0.3, 0.4) is 0 Å². The smallest absolute Gasteiger partial charge is 0.216 e. The standard InChI is InChI=1S/C15H21N3O2/c1-3-16-12(6-7-14-5-4-8-20-14)9-13-10-15(19-2)18-11-17-13/h4-5,8,10-12,16H,3,6-7,9H2,1-2H3. The highest BCUT2D eigenvalue weighted by Crippen LogP contribution is 2.12. The van der Waals surface area contributed by atoms with Crippen LogP contribution in [0.1, 0.15) is 24.8 Å². The minimum absolute atomic E-state index is 0.365. The van der Waals surface area contributed by atoms with Gasteiger partial charge in [-0.15, -0.1) is 0 Å². The van der Waals surface area contributed by atoms with Gasteiger partial charge in [-0.1, -0.05) is 6.92 Å². The maximum absolute atomic E-state index is 5.38. The van der Waals surface area contributed by atoms with Gasteiger partial charge in [0.2, 0.25) is 5.88 Å². The lowest BCUT2D eigenvalue weighted by atomic mass is 10.0. The number of methoxy groups -OCH3 is 1. The van der Waals surface area contributed by atoms with Gasteiger partial charge in [-0.25, -0.2) is 9.97 Å². The van der Waals surface area contributed by atoms with Crippen molar-refractivity contribution in [3.8, 4) is 5.88 Å². The monoisotopic (exact) mass is 275 g/mol. The third-order valence-corrected chi connectivity index (χ3v) is 3.18. The molecule has 0 saturated heterocycles. The van der Waals surface area contributed by atoms with E-state index in [1.165, 1.54) is 0 Å². The predicted octanol–water partition coefficient (Wildman–Crippen LogP) is 2.23. The van der Waals surface area contributed by atoms with Gasteiger partial charge in [0, 0.05) is 30.6 Å². The first-order chi connectivity index (χ1) is 9.81. The third kappa shape index (κ3) is 4.35. The van der Waals surface area contributed by atoms with Gasteiger partial charge in [-0.2, -0.15) is 0 Å². The number of ether oxygens (including phenoxy) is 1. The molecule has 0 radical (unpaired) electrons. The van der Waals surface area contributed by atoms with Gasteiger partial charge in [0.05, 0.1) is 13.4 Å². The molecule has 0 aliphatic heterocycles. The van der Waals surface area contributed by atoms with Gasteiger partial charge in [0.1, 0.15) is 12.1 Å². The number of hydrogen-bond acceptors (Lipinski definition) is 5. The summed E-state index contributed by atoms with van der Waals surface area (Å²) >= 11 is 0. The van der Waals surface area contributed by atoms with Gasteiger partial charge in [0.15, 0.2) is 0 Å². The van der Waals surface area contributed by atoms with Crippen molar-refractivity contribution in [2.45, 2.75) is 32.2 Å². The van der Waals surface area contributed by atoms with Crippen LogP contribution in [0.2, 0.25) is 0 Å². The summed E-state index contributed by atoms with van der Waals surface area (Å²) in [6.07, 6.45) is 6.05. The molecule has 2 aromatic rings. The summed E-state index contributed by atoms with van der Waals surface area (Å²) in [5.41, 5.74) is 0.988. The Balaban J connectivity index is 1.93. The molecule has 0 fully saturated rings. The van der Waals surface area contributed by atoms with Crippen molar-refractivity contribution in [2.75, 3.05) is 13.7 Å². The molecule has 0 aliphatic rings. The highest BCUT2D eigenvalue weighted by atomic mass is 16.5. The lowest BCUT2D eigenvalue weighted by Crippen LogP contribution is -2.31. The maximum Gasteiger partial charge on any atom is 0.216 e. The van der Waals surface area contributed by atoms with E-state index in [0.717, 1.165) is 37.3 Å². The van der Waals surface area contributed by atoms with E-state index in [-0.39, 0.29) is 0 Å². The van der Waals surface area contributed by atoms with E-state index >= 15 is 0 Å². The summed E-state index contributed by atoms with van der Waals surface area (Å²) in [5, 5.41) is 3.49. The molecule has 2 rings (SSSR count). The highest BCUT2D eigenvalue weighted by molar-refractivity contribution is 5.14. The number of hydrogen-bond donors (Lipinski definition) is 1. The number of nitrogens with one attached hydrogen (secondary N) is 1. The fourth-order valence-corrected chi connectivity index (χ4v) is 2.19. The van der Waals surface area contributed by atoms with Crippen molar-refractivity contribution in [1.82, 2.24) is 15.3 Å². The van der Waals surface area contributed by atoms with Crippen LogP contribution < -0.4 is 10.1 Å². The summed E-state index contributed by atoms with van der Waals surface area (Å²) in [5.74, 6) is 1.63. The molecule has 20 heavy (non-hydrogen) atoms. The number of furan rings is 1. The Morgan fingerprint density at radius 3 is 3.00 bits per heavy atom. The normalized spacial score (nSPS) is 12.3. The number of aromatic nitrogens is 2. The van der Waals surface area contributed by atoms with E-state index in [9.17, 15) is 0 Å². The van der Waals surface area contributed by atoms with Crippen LogP contribution in [0.5, 0.6) is 5.88 Å². The Morgan fingerprint density at radius 2 is 2.30 bits per heavy atom. The Morgan fingerprint density at radius 1 is 1.40 bits per heavy atom. The van der Waals surface area contributed by atoms with Crippen LogP contribution >= 0.6 is 0 Å². The summed E-state index contributed by atoms with van der Waals surface area (Å²) in [6, 6.07) is 6.19. The first kappa shape index (κ1) is 14.5. The van der Waals surface area contributed by atoms with Crippen LogP contribution in [-0.2, 0) is 12.8 Å². The average Bonchev–Trinajstić information content (AvgIpc) is 2.98. The molecule has 2 aromatic heterocycles. The SMILES string of the molecule is CCNC(CCc1ccco1)Cc1cc(OC)ncn1. The lowest BCUT2D eigenvalue weighted by molar-refractivity contribution is 0.394. The highest BCUT2D eigenvalue weighted by Gasteiger charge is 2.11. The molecular weight excluding hydrogens is 254 g/mol. The van der Waals surface area contributed by atoms with Gasteiger partial charge in [-0.3, -0.25) is 0 Å². The second-order valence-electron chi connectivity index (χ2n) is 4.63. The molecule has 0 amide bonds. The van der Waals surface area contributed by atoms with E-state index in [1.54, 1.807) is 19.7 Å². The van der Waals surface area contributed by atoms with Gasteiger partial charge in [-0.05, 0) is 25.1 Å². The Labute approximate surface area is 119 Å². The van der Waals surface area contributed by atoms with Crippen LogP contribution in [0.4, 0.5) is 0 Å². The molecule has 0 aromatic carbocycles. The van der Waals surface area contributed by atoms with E-state index in [2.05, 4.69) is 22.2 Å². The molecule has 1 atom stereocenters. The van der Waals surface area contributed by atoms with Crippen LogP contribution in [0, 0.1) is 0 Å². The predicted molar refractivity (Wildman–Crippen MR) is 76.8 cm³/mol. The number of rotatable bonds is 8. The largest absolute Gasteiger partial charge is 0.481 e. The maximum atomic E-state index is 5.38. The fourth-order valence-electron chi connectivity index (χ4n) is 2.19. The Bertz CT molecular complexity index is 500. The lowest BCUT2D eigenvalue weighted by Gasteiger charge is -2.17. The molecular formula is C15H21N3O2. The second-order valence-corrected chi connectivity index (χ2v) is 4.63. The van der Waals surface area contributed by atoms with Crippen LogP contribution in [0.15, 0.2) is 35.2 Å². The van der Waals surface area contributed by atoms with Crippen LogP contribution in [0.25, 0.3) is 0 Å². The summed E-state index contributed by atoms with van der Waals surface area (Å²) in [7, 11) is 1.62. The zero-order valence-electron chi connectivity index (χ0n) is 12.0. The molecule has 0 aliphatic carbocycles. The van der Waals surface area contributed by atoms with E-state index in [0.29, 0.717) is 11.9 Å². The summed E-state index contributed by atoms with van der Waals surface area (Å²) in [6.45, 7) is 3.05. The minimum atomic E-state index is 0.365. The molecule has 108 valence electrons. The second kappa shape index (κ2) is 7.65. The molecule has 0 bridgehead atoms. The van der Waals surface area contributed by atoms with Crippen molar-refractivity contribution >= 4 is 0 Å². The van der Waals surface area contributed by atoms with Gasteiger partial charge in [0.25, 0.3) is 0 Å². The summed E-state index contributed by atoms with van der Waals surface area (Å²) in [4.78, 5) is 8.33. The first-order valence-corrected chi connectivity index (χ1v) is 6.92. The molecule has 5 heteroatoms. The fraction of sp³-hybridized carbons (Fsp3) is 0.467. The topological polar surface area (TPSA) is 60.2 Å². The summed E-state index contributed by atoms with van der Waals surface area (Å²) < 4.78 is 10.5. The van der Waals surface area contributed by atoms with Crippen molar-refractivity contribution in [3.05, 3.63) is 42.2 Å². The van der Waals surface area contributed by atoms with Crippen molar-refractivity contribution in [2.24, 2.45) is 0 Å². The number of likely N-dealkylation sites (N-methyl/N-ethyl adjacent to an activating group) is 1. The van der Waals surface area contributed by atoms with E-state index in [4.69, 9.17) is 9.15 Å². The number of nitrogens with zero attached hydrogens (tertiary/aromatic N) is 2. The van der Waals surface area contributed by atoms with Gasteiger partial charge >= 0.3 is 0 Å². The Hall–Kier alpha value is -1.88. The third-order valence-electron chi connectivity index (χ3n) is 3.18. The van der Waals surface area contributed by atoms with Crippen molar-refractivity contribution in [1.29, 1.82) is 0 Å². The quantitative estimate of drug-likeness (QED) is 0.800.